The fourth-order valence-electron chi connectivity index (χ4n) is 3.79. The van der Waals surface area contributed by atoms with Crippen molar-refractivity contribution in [3.05, 3.63) is 65.5 Å². The van der Waals surface area contributed by atoms with Crippen molar-refractivity contribution < 1.29 is 14.1 Å². The highest BCUT2D eigenvalue weighted by atomic mass is 32.2. The number of nitrogens with zero attached hydrogens (tertiary/aromatic N) is 4. The third kappa shape index (κ3) is 6.09. The van der Waals surface area contributed by atoms with E-state index in [2.05, 4.69) is 15.0 Å². The number of aromatic nitrogens is 2. The summed E-state index contributed by atoms with van der Waals surface area (Å²) in [7, 11) is 0. The van der Waals surface area contributed by atoms with Gasteiger partial charge in [0.25, 0.3) is 0 Å². The van der Waals surface area contributed by atoms with Crippen LogP contribution in [0.15, 0.2) is 57.9 Å². The Morgan fingerprint density at radius 2 is 1.67 bits per heavy atom. The summed E-state index contributed by atoms with van der Waals surface area (Å²) in [6.07, 6.45) is 2.48. The number of thioether (sulfide) groups is 1. The number of hydrogen-bond donors (Lipinski definition) is 0. The maximum absolute atomic E-state index is 12.6. The van der Waals surface area contributed by atoms with E-state index in [9.17, 15) is 9.59 Å². The second-order valence-corrected chi connectivity index (χ2v) is 9.07. The molecule has 8 heteroatoms. The van der Waals surface area contributed by atoms with Gasteiger partial charge in [0.15, 0.2) is 5.78 Å². The molecular formula is C25H28N4O3S. The molecule has 0 aliphatic carbocycles. The zero-order chi connectivity index (χ0) is 23.2. The second-order valence-electron chi connectivity index (χ2n) is 8.19. The van der Waals surface area contributed by atoms with Crippen molar-refractivity contribution in [3.8, 4) is 11.4 Å². The highest BCUT2D eigenvalue weighted by Crippen LogP contribution is 2.18. The number of piperazine rings is 1. The summed E-state index contributed by atoms with van der Waals surface area (Å²) in [5, 5.41) is 4.09. The Kier molecular flexibility index (Phi) is 7.57. The molecule has 1 saturated heterocycles. The van der Waals surface area contributed by atoms with E-state index in [-0.39, 0.29) is 24.5 Å². The van der Waals surface area contributed by atoms with E-state index in [0.29, 0.717) is 36.9 Å². The van der Waals surface area contributed by atoms with E-state index in [4.69, 9.17) is 4.52 Å². The molecular weight excluding hydrogens is 436 g/mol. The Hall–Kier alpha value is -2.97. The van der Waals surface area contributed by atoms with Gasteiger partial charge in [-0.2, -0.15) is 4.98 Å². The van der Waals surface area contributed by atoms with Crippen LogP contribution in [-0.4, -0.2) is 64.1 Å². The molecule has 1 aliphatic rings. The van der Waals surface area contributed by atoms with Crippen LogP contribution in [0.1, 0.15) is 34.7 Å². The number of hydrogen-bond acceptors (Lipinski definition) is 7. The van der Waals surface area contributed by atoms with Crippen LogP contribution in [0.25, 0.3) is 11.4 Å². The summed E-state index contributed by atoms with van der Waals surface area (Å²) in [4.78, 5) is 34.7. The van der Waals surface area contributed by atoms with E-state index in [1.165, 1.54) is 5.56 Å². The maximum Gasteiger partial charge on any atom is 0.241 e. The van der Waals surface area contributed by atoms with Gasteiger partial charge in [-0.3, -0.25) is 14.5 Å². The molecule has 1 aromatic heterocycles. The highest BCUT2D eigenvalue weighted by molar-refractivity contribution is 7.98. The number of amides is 1. The molecule has 0 saturated carbocycles. The number of carbonyl (C=O) groups excluding carboxylic acids is 2. The molecule has 3 aromatic rings. The summed E-state index contributed by atoms with van der Waals surface area (Å²) < 4.78 is 5.43. The first-order valence-electron chi connectivity index (χ1n) is 11.1. The largest absolute Gasteiger partial charge is 0.340 e. The van der Waals surface area contributed by atoms with Crippen LogP contribution in [0.2, 0.25) is 0 Å². The average Bonchev–Trinajstić information content (AvgIpc) is 3.31. The maximum atomic E-state index is 12.6. The predicted molar refractivity (Wildman–Crippen MR) is 128 cm³/mol. The summed E-state index contributed by atoms with van der Waals surface area (Å²) in [5.74, 6) is 1.20. The molecule has 0 atom stereocenters. The van der Waals surface area contributed by atoms with Crippen molar-refractivity contribution in [2.24, 2.45) is 0 Å². The van der Waals surface area contributed by atoms with Gasteiger partial charge in [0, 0.05) is 55.0 Å². The number of benzene rings is 2. The Balaban J connectivity index is 1.22. The molecule has 1 fully saturated rings. The lowest BCUT2D eigenvalue weighted by atomic mass is 10.1. The molecule has 0 bridgehead atoms. The minimum Gasteiger partial charge on any atom is -0.340 e. The van der Waals surface area contributed by atoms with E-state index in [0.717, 1.165) is 23.5 Å². The molecule has 0 spiro atoms. The van der Waals surface area contributed by atoms with Gasteiger partial charge < -0.3 is 9.42 Å². The topological polar surface area (TPSA) is 79.5 Å². The van der Waals surface area contributed by atoms with Crippen LogP contribution < -0.4 is 0 Å². The van der Waals surface area contributed by atoms with Crippen LogP contribution in [0.4, 0.5) is 0 Å². The number of carbonyl (C=O) groups is 2. The van der Waals surface area contributed by atoms with Crippen molar-refractivity contribution in [1.29, 1.82) is 0 Å². The van der Waals surface area contributed by atoms with Crippen LogP contribution in [0, 0.1) is 6.92 Å². The number of ketones is 1. The summed E-state index contributed by atoms with van der Waals surface area (Å²) in [6.45, 7) is 5.34. The lowest BCUT2D eigenvalue weighted by molar-refractivity contribution is -0.133. The first-order valence-corrected chi connectivity index (χ1v) is 12.3. The van der Waals surface area contributed by atoms with Crippen LogP contribution in [-0.2, 0) is 11.3 Å². The van der Waals surface area contributed by atoms with Gasteiger partial charge in [0.1, 0.15) is 0 Å². The summed E-state index contributed by atoms with van der Waals surface area (Å²) in [6, 6.07) is 15.6. The van der Waals surface area contributed by atoms with Crippen LogP contribution in [0.3, 0.4) is 0 Å². The first-order chi connectivity index (χ1) is 16.0. The van der Waals surface area contributed by atoms with E-state index < -0.39 is 0 Å². The van der Waals surface area contributed by atoms with Gasteiger partial charge in [0.2, 0.25) is 17.6 Å². The van der Waals surface area contributed by atoms with Gasteiger partial charge >= 0.3 is 0 Å². The first kappa shape index (κ1) is 23.2. The van der Waals surface area contributed by atoms with Crippen molar-refractivity contribution in [1.82, 2.24) is 19.9 Å². The van der Waals surface area contributed by atoms with Gasteiger partial charge in [-0.15, -0.1) is 11.8 Å². The fourth-order valence-corrected chi connectivity index (χ4v) is 4.19. The molecule has 172 valence electrons. The third-order valence-corrected chi connectivity index (χ3v) is 6.58. The SMILES string of the molecule is CSc1ccc(C(=O)CCC(=O)N2CCN(Cc3nc(-c4ccc(C)cc4)no3)CC2)cc1. The van der Waals surface area contributed by atoms with Crippen molar-refractivity contribution in [3.63, 3.8) is 0 Å². The molecule has 1 amide bonds. The number of rotatable bonds is 8. The van der Waals surface area contributed by atoms with Crippen LogP contribution >= 0.6 is 11.8 Å². The smallest absolute Gasteiger partial charge is 0.241 e. The minimum absolute atomic E-state index is 0.00964. The Bertz CT molecular complexity index is 1090. The van der Waals surface area contributed by atoms with Gasteiger partial charge in [0.05, 0.1) is 6.54 Å². The van der Waals surface area contributed by atoms with Crippen molar-refractivity contribution in [2.75, 3.05) is 32.4 Å². The van der Waals surface area contributed by atoms with Crippen molar-refractivity contribution in [2.45, 2.75) is 31.2 Å². The van der Waals surface area contributed by atoms with Gasteiger partial charge in [-0.1, -0.05) is 47.1 Å². The minimum atomic E-state index is 0.00964. The number of Topliss-reactive ketones (excluding diaryl/α,β-unsaturated/α-hetero) is 1. The van der Waals surface area contributed by atoms with E-state index in [1.54, 1.807) is 11.8 Å². The normalized spacial score (nSPS) is 14.4. The molecule has 33 heavy (non-hydrogen) atoms. The highest BCUT2D eigenvalue weighted by Gasteiger charge is 2.23. The molecule has 1 aliphatic heterocycles. The second kappa shape index (κ2) is 10.8. The predicted octanol–water partition coefficient (Wildman–Crippen LogP) is 4.07. The number of aryl methyl sites for hydroxylation is 1. The Morgan fingerprint density at radius 3 is 2.33 bits per heavy atom. The summed E-state index contributed by atoms with van der Waals surface area (Å²) >= 11 is 1.64. The van der Waals surface area contributed by atoms with Crippen LogP contribution in [0.5, 0.6) is 0 Å². The molecule has 0 unspecified atom stereocenters. The zero-order valence-corrected chi connectivity index (χ0v) is 19.8. The molecule has 4 rings (SSSR count). The average molecular weight is 465 g/mol. The van der Waals surface area contributed by atoms with E-state index >= 15 is 0 Å². The van der Waals surface area contributed by atoms with Crippen molar-refractivity contribution >= 4 is 23.5 Å². The van der Waals surface area contributed by atoms with Gasteiger partial charge in [-0.05, 0) is 25.3 Å². The zero-order valence-electron chi connectivity index (χ0n) is 19.0. The monoisotopic (exact) mass is 464 g/mol. The molecule has 2 aromatic carbocycles. The third-order valence-electron chi connectivity index (χ3n) is 5.84. The summed E-state index contributed by atoms with van der Waals surface area (Å²) in [5.41, 5.74) is 2.78. The van der Waals surface area contributed by atoms with E-state index in [1.807, 2.05) is 66.6 Å². The molecule has 0 N–H and O–H groups in total. The fraction of sp³-hybridized carbons (Fsp3) is 0.360. The molecule has 0 radical (unpaired) electrons. The molecule has 7 nitrogen and oxygen atoms in total. The molecule has 2 heterocycles. The standard InChI is InChI=1S/C25H28N4O3S/c1-18-3-5-20(6-4-18)25-26-23(32-27-25)17-28-13-15-29(16-14-28)24(31)12-11-22(30)19-7-9-21(33-2)10-8-19/h3-10H,11-17H2,1-2H3. The Morgan fingerprint density at radius 1 is 0.970 bits per heavy atom. The lowest BCUT2D eigenvalue weighted by Crippen LogP contribution is -2.48. The quantitative estimate of drug-likeness (QED) is 0.367. The Labute approximate surface area is 198 Å². The lowest BCUT2D eigenvalue weighted by Gasteiger charge is -2.34. The van der Waals surface area contributed by atoms with Gasteiger partial charge in [-0.25, -0.2) is 0 Å².